The molecule has 6 nitrogen and oxygen atoms in total. The summed E-state index contributed by atoms with van der Waals surface area (Å²) in [5.74, 6) is -0.105. The first-order valence-corrected chi connectivity index (χ1v) is 7.64. The second-order valence-corrected chi connectivity index (χ2v) is 6.33. The molecule has 2 heterocycles. The number of urea groups is 1. The highest BCUT2D eigenvalue weighted by molar-refractivity contribution is 6.07. The molecule has 3 amide bonds. The Morgan fingerprint density at radius 2 is 2.05 bits per heavy atom. The van der Waals surface area contributed by atoms with Crippen molar-refractivity contribution in [1.29, 1.82) is 0 Å². The van der Waals surface area contributed by atoms with Gasteiger partial charge in [0, 0.05) is 32.2 Å². The summed E-state index contributed by atoms with van der Waals surface area (Å²) in [6.45, 7) is 10.6. The van der Waals surface area contributed by atoms with Crippen molar-refractivity contribution in [2.75, 3.05) is 26.2 Å². The van der Waals surface area contributed by atoms with Crippen molar-refractivity contribution in [1.82, 2.24) is 15.1 Å². The molecule has 2 fully saturated rings. The third kappa shape index (κ3) is 3.27. The van der Waals surface area contributed by atoms with Crippen molar-refractivity contribution < 1.29 is 9.59 Å². The van der Waals surface area contributed by atoms with Gasteiger partial charge in [0.25, 0.3) is 5.91 Å². The minimum atomic E-state index is -0.712. The molecule has 6 heteroatoms. The van der Waals surface area contributed by atoms with E-state index in [1.165, 1.54) is 4.90 Å². The van der Waals surface area contributed by atoms with E-state index in [1.54, 1.807) is 0 Å². The molecule has 118 valence electrons. The fourth-order valence-electron chi connectivity index (χ4n) is 3.02. The second kappa shape index (κ2) is 6.15. The SMILES string of the molecule is C=C(C)CN1CCC2(CC1)NC(=O)N(CC(N)CC)C2=O. The van der Waals surface area contributed by atoms with Crippen LogP contribution in [0.4, 0.5) is 4.79 Å². The van der Waals surface area contributed by atoms with Crippen LogP contribution in [0.1, 0.15) is 33.1 Å². The number of piperidine rings is 1. The summed E-state index contributed by atoms with van der Waals surface area (Å²) < 4.78 is 0. The number of likely N-dealkylation sites (tertiary alicyclic amines) is 1. The van der Waals surface area contributed by atoms with Crippen molar-refractivity contribution in [2.45, 2.75) is 44.7 Å². The molecular formula is C15H26N4O2. The largest absolute Gasteiger partial charge is 0.326 e. The molecule has 21 heavy (non-hydrogen) atoms. The van der Waals surface area contributed by atoms with Gasteiger partial charge in [-0.25, -0.2) is 4.79 Å². The molecule has 0 aromatic rings. The predicted molar refractivity (Wildman–Crippen MR) is 81.7 cm³/mol. The van der Waals surface area contributed by atoms with E-state index in [4.69, 9.17) is 5.73 Å². The summed E-state index contributed by atoms with van der Waals surface area (Å²) in [6, 6.07) is -0.449. The van der Waals surface area contributed by atoms with E-state index in [-0.39, 0.29) is 18.0 Å². The molecule has 2 rings (SSSR count). The maximum atomic E-state index is 12.6. The molecule has 3 N–H and O–H groups in total. The Morgan fingerprint density at radius 3 is 2.57 bits per heavy atom. The zero-order chi connectivity index (χ0) is 15.6. The third-order valence-corrected chi connectivity index (χ3v) is 4.39. The Balaban J connectivity index is 2.00. The number of nitrogens with one attached hydrogen (secondary N) is 1. The lowest BCUT2D eigenvalue weighted by molar-refractivity contribution is -0.133. The van der Waals surface area contributed by atoms with Crippen LogP contribution < -0.4 is 11.1 Å². The van der Waals surface area contributed by atoms with Crippen molar-refractivity contribution in [3.8, 4) is 0 Å². The van der Waals surface area contributed by atoms with Gasteiger partial charge in [-0.2, -0.15) is 0 Å². The quantitative estimate of drug-likeness (QED) is 0.577. The van der Waals surface area contributed by atoms with Gasteiger partial charge in [-0.3, -0.25) is 14.6 Å². The van der Waals surface area contributed by atoms with E-state index in [1.807, 2.05) is 13.8 Å². The Bertz CT molecular complexity index is 441. The maximum Gasteiger partial charge on any atom is 0.325 e. The summed E-state index contributed by atoms with van der Waals surface area (Å²) in [6.07, 6.45) is 2.06. The van der Waals surface area contributed by atoms with E-state index in [2.05, 4.69) is 16.8 Å². The van der Waals surface area contributed by atoms with Gasteiger partial charge in [-0.1, -0.05) is 19.1 Å². The molecule has 0 bridgehead atoms. The number of hydrogen-bond acceptors (Lipinski definition) is 4. The lowest BCUT2D eigenvalue weighted by Crippen LogP contribution is -2.55. The lowest BCUT2D eigenvalue weighted by Gasteiger charge is -2.37. The standard InChI is InChI=1S/C15H26N4O2/c1-4-12(16)10-19-13(20)15(17-14(19)21)5-7-18(8-6-15)9-11(2)3/h12H,2,4-10,16H2,1,3H3,(H,17,21). The smallest absolute Gasteiger partial charge is 0.325 e. The molecule has 1 spiro atoms. The average Bonchev–Trinajstić information content (AvgIpc) is 2.65. The molecule has 0 aliphatic carbocycles. The van der Waals surface area contributed by atoms with Crippen LogP contribution >= 0.6 is 0 Å². The maximum absolute atomic E-state index is 12.6. The monoisotopic (exact) mass is 294 g/mol. The molecule has 0 aromatic heterocycles. The Kier molecular flexibility index (Phi) is 4.68. The fourth-order valence-corrected chi connectivity index (χ4v) is 3.02. The number of rotatable bonds is 5. The van der Waals surface area contributed by atoms with Crippen LogP contribution in [0.15, 0.2) is 12.2 Å². The summed E-state index contributed by atoms with van der Waals surface area (Å²) in [7, 11) is 0. The highest BCUT2D eigenvalue weighted by Gasteiger charge is 2.52. The minimum Gasteiger partial charge on any atom is -0.326 e. The highest BCUT2D eigenvalue weighted by Crippen LogP contribution is 2.29. The molecule has 2 aliphatic heterocycles. The number of nitrogens with two attached hydrogens (primary N) is 1. The molecule has 0 saturated carbocycles. The van der Waals surface area contributed by atoms with Crippen molar-refractivity contribution >= 4 is 11.9 Å². The molecule has 1 atom stereocenters. The number of carbonyl (C=O) groups excluding carboxylic acids is 2. The number of nitrogens with zero attached hydrogens (tertiary/aromatic N) is 2. The summed E-state index contributed by atoms with van der Waals surface area (Å²) in [5, 5.41) is 2.91. The molecule has 2 aliphatic rings. The van der Waals surface area contributed by atoms with Gasteiger partial charge in [0.2, 0.25) is 0 Å². The Hall–Kier alpha value is -1.40. The van der Waals surface area contributed by atoms with E-state index >= 15 is 0 Å². The molecule has 0 radical (unpaired) electrons. The van der Waals surface area contributed by atoms with Crippen LogP contribution in [0.5, 0.6) is 0 Å². The van der Waals surface area contributed by atoms with E-state index in [0.717, 1.165) is 31.6 Å². The van der Waals surface area contributed by atoms with Gasteiger partial charge >= 0.3 is 6.03 Å². The summed E-state index contributed by atoms with van der Waals surface area (Å²) in [4.78, 5) is 28.3. The molecule has 2 saturated heterocycles. The number of hydrogen-bond donors (Lipinski definition) is 2. The number of imide groups is 1. The predicted octanol–water partition coefficient (Wildman–Crippen LogP) is 0.686. The Labute approximate surface area is 126 Å². The molecule has 1 unspecified atom stereocenters. The summed E-state index contributed by atoms with van der Waals surface area (Å²) in [5.41, 5.74) is 6.28. The van der Waals surface area contributed by atoms with Gasteiger partial charge in [-0.15, -0.1) is 0 Å². The third-order valence-electron chi connectivity index (χ3n) is 4.39. The zero-order valence-corrected chi connectivity index (χ0v) is 13.0. The zero-order valence-electron chi connectivity index (χ0n) is 13.0. The first-order chi connectivity index (χ1) is 9.88. The van der Waals surface area contributed by atoms with Gasteiger partial charge in [-0.05, 0) is 26.2 Å². The summed E-state index contributed by atoms with van der Waals surface area (Å²) >= 11 is 0. The molecule has 0 aromatic carbocycles. The van der Waals surface area contributed by atoms with Crippen molar-refractivity contribution in [3.63, 3.8) is 0 Å². The first-order valence-electron chi connectivity index (χ1n) is 7.64. The van der Waals surface area contributed by atoms with Gasteiger partial charge in [0.1, 0.15) is 5.54 Å². The van der Waals surface area contributed by atoms with Gasteiger partial charge < -0.3 is 11.1 Å². The lowest BCUT2D eigenvalue weighted by atomic mass is 9.87. The van der Waals surface area contributed by atoms with Crippen molar-refractivity contribution in [2.24, 2.45) is 5.73 Å². The van der Waals surface area contributed by atoms with E-state index in [0.29, 0.717) is 19.4 Å². The van der Waals surface area contributed by atoms with Crippen LogP contribution in [-0.2, 0) is 4.79 Å². The fraction of sp³-hybridized carbons (Fsp3) is 0.733. The van der Waals surface area contributed by atoms with Crippen LogP contribution in [0.3, 0.4) is 0 Å². The van der Waals surface area contributed by atoms with Crippen LogP contribution in [0.25, 0.3) is 0 Å². The van der Waals surface area contributed by atoms with Gasteiger partial charge in [0.05, 0.1) is 0 Å². The van der Waals surface area contributed by atoms with E-state index < -0.39 is 5.54 Å². The Morgan fingerprint density at radius 1 is 1.43 bits per heavy atom. The van der Waals surface area contributed by atoms with Gasteiger partial charge in [0.15, 0.2) is 0 Å². The topological polar surface area (TPSA) is 78.7 Å². The highest BCUT2D eigenvalue weighted by atomic mass is 16.2. The average molecular weight is 294 g/mol. The second-order valence-electron chi connectivity index (χ2n) is 6.33. The van der Waals surface area contributed by atoms with E-state index in [9.17, 15) is 9.59 Å². The van der Waals surface area contributed by atoms with Crippen LogP contribution in [-0.4, -0.2) is 59.5 Å². The number of carbonyl (C=O) groups is 2. The minimum absolute atomic E-state index is 0.105. The normalized spacial score (nSPS) is 23.5. The van der Waals surface area contributed by atoms with Crippen LogP contribution in [0, 0.1) is 0 Å². The van der Waals surface area contributed by atoms with Crippen LogP contribution in [0.2, 0.25) is 0 Å². The number of amides is 3. The first kappa shape index (κ1) is 16.0. The van der Waals surface area contributed by atoms with Crippen molar-refractivity contribution in [3.05, 3.63) is 12.2 Å². The molecular weight excluding hydrogens is 268 g/mol.